The van der Waals surface area contributed by atoms with Gasteiger partial charge in [0.1, 0.15) is 6.61 Å². The molecule has 5 heteroatoms. The van der Waals surface area contributed by atoms with Crippen molar-refractivity contribution in [1.82, 2.24) is 10.2 Å². The third-order valence-electron chi connectivity index (χ3n) is 3.15. The zero-order chi connectivity index (χ0) is 12.7. The minimum atomic E-state index is -0.0279. The van der Waals surface area contributed by atoms with Crippen LogP contribution in [0.4, 0.5) is 0 Å². The SMILES string of the molecule is COCCOCC(=O)N[C@@H]1CCC[C@H]1N(C)C. The Kier molecular flexibility index (Phi) is 6.47. The normalized spacial score (nSPS) is 24.2. The standard InChI is InChI=1S/C12H24N2O3/c1-14(2)11-6-4-5-10(11)13-12(15)9-17-8-7-16-3/h10-11H,4-9H2,1-3H3,(H,13,15)/t10-,11-/m1/s1. The zero-order valence-electron chi connectivity index (χ0n) is 11.1. The first-order valence-electron chi connectivity index (χ1n) is 6.17. The fraction of sp³-hybridized carbons (Fsp3) is 0.917. The van der Waals surface area contributed by atoms with E-state index in [1.165, 1.54) is 6.42 Å². The maximum Gasteiger partial charge on any atom is 0.246 e. The molecule has 0 aliphatic heterocycles. The van der Waals surface area contributed by atoms with Gasteiger partial charge in [0.2, 0.25) is 5.91 Å². The van der Waals surface area contributed by atoms with Gasteiger partial charge < -0.3 is 19.7 Å². The number of carbonyl (C=O) groups excluding carboxylic acids is 1. The first kappa shape index (κ1) is 14.4. The van der Waals surface area contributed by atoms with Crippen LogP contribution >= 0.6 is 0 Å². The van der Waals surface area contributed by atoms with Crippen molar-refractivity contribution in [3.63, 3.8) is 0 Å². The second-order valence-corrected chi connectivity index (χ2v) is 4.68. The summed E-state index contributed by atoms with van der Waals surface area (Å²) in [6, 6.07) is 0.724. The summed E-state index contributed by atoms with van der Waals surface area (Å²) >= 11 is 0. The number of ether oxygens (including phenoxy) is 2. The van der Waals surface area contributed by atoms with Crippen LogP contribution in [0.2, 0.25) is 0 Å². The van der Waals surface area contributed by atoms with Crippen LogP contribution in [0.5, 0.6) is 0 Å². The average Bonchev–Trinajstić information content (AvgIpc) is 2.72. The van der Waals surface area contributed by atoms with Crippen molar-refractivity contribution < 1.29 is 14.3 Å². The lowest BCUT2D eigenvalue weighted by atomic mass is 10.1. The second-order valence-electron chi connectivity index (χ2n) is 4.68. The molecule has 0 radical (unpaired) electrons. The molecule has 0 saturated heterocycles. The molecule has 1 rings (SSSR count). The summed E-state index contributed by atoms with van der Waals surface area (Å²) in [5.41, 5.74) is 0. The molecule has 5 nitrogen and oxygen atoms in total. The van der Waals surface area contributed by atoms with Gasteiger partial charge in [0.15, 0.2) is 0 Å². The number of nitrogens with one attached hydrogen (secondary N) is 1. The van der Waals surface area contributed by atoms with E-state index in [1.54, 1.807) is 7.11 Å². The Balaban J connectivity index is 2.21. The Morgan fingerprint density at radius 3 is 2.76 bits per heavy atom. The van der Waals surface area contributed by atoms with Gasteiger partial charge in [-0.2, -0.15) is 0 Å². The van der Waals surface area contributed by atoms with Crippen molar-refractivity contribution >= 4 is 5.91 Å². The largest absolute Gasteiger partial charge is 0.382 e. The fourth-order valence-corrected chi connectivity index (χ4v) is 2.28. The van der Waals surface area contributed by atoms with Crippen LogP contribution in [0.15, 0.2) is 0 Å². The number of rotatable bonds is 7. The molecule has 0 heterocycles. The predicted octanol–water partition coefficient (Wildman–Crippen LogP) is 0.248. The molecule has 0 aromatic heterocycles. The molecule has 1 aliphatic rings. The third-order valence-corrected chi connectivity index (χ3v) is 3.15. The predicted molar refractivity (Wildman–Crippen MR) is 66.0 cm³/mol. The van der Waals surface area contributed by atoms with Crippen LogP contribution in [0.25, 0.3) is 0 Å². The van der Waals surface area contributed by atoms with E-state index in [0.717, 1.165) is 12.8 Å². The summed E-state index contributed by atoms with van der Waals surface area (Å²) in [6.07, 6.45) is 3.40. The molecule has 0 spiro atoms. The zero-order valence-corrected chi connectivity index (χ0v) is 11.1. The summed E-state index contributed by atoms with van der Waals surface area (Å²) in [7, 11) is 5.73. The Hall–Kier alpha value is -0.650. The summed E-state index contributed by atoms with van der Waals surface area (Å²) in [5, 5.41) is 3.04. The van der Waals surface area contributed by atoms with E-state index in [4.69, 9.17) is 9.47 Å². The molecule has 1 amide bonds. The quantitative estimate of drug-likeness (QED) is 0.652. The molecule has 100 valence electrons. The molecule has 0 aromatic rings. The Morgan fingerprint density at radius 2 is 2.12 bits per heavy atom. The number of methoxy groups -OCH3 is 1. The highest BCUT2D eigenvalue weighted by molar-refractivity contribution is 5.77. The number of amides is 1. The monoisotopic (exact) mass is 244 g/mol. The molecule has 0 unspecified atom stereocenters. The van der Waals surface area contributed by atoms with Crippen molar-refractivity contribution in [3.8, 4) is 0 Å². The van der Waals surface area contributed by atoms with Crippen LogP contribution in [0.3, 0.4) is 0 Å². The Morgan fingerprint density at radius 1 is 1.35 bits per heavy atom. The Bertz CT molecular complexity index is 234. The summed E-state index contributed by atoms with van der Waals surface area (Å²) in [5.74, 6) is -0.0279. The van der Waals surface area contributed by atoms with Gasteiger partial charge in [-0.05, 0) is 33.4 Å². The molecule has 1 N–H and O–H groups in total. The number of likely N-dealkylation sites (N-methyl/N-ethyl adjacent to an activating group) is 1. The lowest BCUT2D eigenvalue weighted by Gasteiger charge is -2.26. The van der Waals surface area contributed by atoms with Gasteiger partial charge in [-0.25, -0.2) is 0 Å². The van der Waals surface area contributed by atoms with E-state index in [1.807, 2.05) is 0 Å². The van der Waals surface area contributed by atoms with Crippen LogP contribution in [0.1, 0.15) is 19.3 Å². The van der Waals surface area contributed by atoms with Crippen LogP contribution < -0.4 is 5.32 Å². The topological polar surface area (TPSA) is 50.8 Å². The molecule has 0 bridgehead atoms. The molecule has 17 heavy (non-hydrogen) atoms. The first-order valence-corrected chi connectivity index (χ1v) is 6.17. The Labute approximate surface area is 103 Å². The van der Waals surface area contributed by atoms with E-state index in [2.05, 4.69) is 24.3 Å². The number of hydrogen-bond acceptors (Lipinski definition) is 4. The highest BCUT2D eigenvalue weighted by Crippen LogP contribution is 2.22. The van der Waals surface area contributed by atoms with Gasteiger partial charge in [-0.3, -0.25) is 4.79 Å². The highest BCUT2D eigenvalue weighted by atomic mass is 16.5. The lowest BCUT2D eigenvalue weighted by Crippen LogP contribution is -2.47. The summed E-state index contributed by atoms with van der Waals surface area (Å²) in [6.45, 7) is 1.11. The van der Waals surface area contributed by atoms with E-state index in [-0.39, 0.29) is 18.6 Å². The van der Waals surface area contributed by atoms with Crippen LogP contribution in [-0.2, 0) is 14.3 Å². The van der Waals surface area contributed by atoms with Gasteiger partial charge in [0.25, 0.3) is 0 Å². The van der Waals surface area contributed by atoms with E-state index in [0.29, 0.717) is 19.3 Å². The van der Waals surface area contributed by atoms with Gasteiger partial charge >= 0.3 is 0 Å². The molecule has 2 atom stereocenters. The van der Waals surface area contributed by atoms with E-state index in [9.17, 15) is 4.79 Å². The van der Waals surface area contributed by atoms with Crippen molar-refractivity contribution in [3.05, 3.63) is 0 Å². The fourth-order valence-electron chi connectivity index (χ4n) is 2.28. The van der Waals surface area contributed by atoms with Crippen LogP contribution in [0, 0.1) is 0 Å². The molecular weight excluding hydrogens is 220 g/mol. The van der Waals surface area contributed by atoms with Crippen molar-refractivity contribution in [2.24, 2.45) is 0 Å². The number of hydrogen-bond donors (Lipinski definition) is 1. The molecule has 0 aromatic carbocycles. The van der Waals surface area contributed by atoms with Gasteiger partial charge in [-0.1, -0.05) is 0 Å². The molecular formula is C12H24N2O3. The van der Waals surface area contributed by atoms with Gasteiger partial charge in [-0.15, -0.1) is 0 Å². The minimum absolute atomic E-state index is 0.0279. The number of carbonyl (C=O) groups is 1. The first-order chi connectivity index (χ1) is 8.15. The minimum Gasteiger partial charge on any atom is -0.382 e. The van der Waals surface area contributed by atoms with E-state index >= 15 is 0 Å². The molecule has 1 saturated carbocycles. The maximum absolute atomic E-state index is 11.6. The smallest absolute Gasteiger partial charge is 0.246 e. The van der Waals surface area contributed by atoms with Crippen LogP contribution in [-0.4, -0.2) is 63.9 Å². The number of nitrogens with zero attached hydrogens (tertiary/aromatic N) is 1. The van der Waals surface area contributed by atoms with Crippen molar-refractivity contribution in [2.75, 3.05) is 41.0 Å². The third kappa shape index (κ3) is 5.02. The maximum atomic E-state index is 11.6. The molecule has 1 aliphatic carbocycles. The van der Waals surface area contributed by atoms with E-state index < -0.39 is 0 Å². The van der Waals surface area contributed by atoms with Crippen molar-refractivity contribution in [2.45, 2.75) is 31.3 Å². The lowest BCUT2D eigenvalue weighted by molar-refractivity contribution is -0.127. The molecule has 1 fully saturated rings. The van der Waals surface area contributed by atoms with Gasteiger partial charge in [0, 0.05) is 19.2 Å². The van der Waals surface area contributed by atoms with Gasteiger partial charge in [0.05, 0.1) is 13.2 Å². The summed E-state index contributed by atoms with van der Waals surface area (Å²) in [4.78, 5) is 13.8. The summed E-state index contributed by atoms with van der Waals surface area (Å²) < 4.78 is 10.0. The highest BCUT2D eigenvalue weighted by Gasteiger charge is 2.29. The van der Waals surface area contributed by atoms with Crippen molar-refractivity contribution in [1.29, 1.82) is 0 Å². The average molecular weight is 244 g/mol. The second kappa shape index (κ2) is 7.63.